The molecule has 2 heteroatoms. The number of fused-ring (bicyclic) bond motifs is 1. The second-order valence-corrected chi connectivity index (χ2v) is 12.6. The van der Waals surface area contributed by atoms with E-state index < -0.39 is 0 Å². The van der Waals surface area contributed by atoms with E-state index in [1.165, 1.54) is 88.2 Å². The standard InChI is InChI=1S/C34H47NO/c1-4-5-6-7-8-9-25-10-11-32-23-31(21-20-30(32)22-25)28-14-12-26(13-15-28)27-16-18-29(19-17-27)33-35-34(2,3)24-36-33/h12-19,25,30-32H,4-11,20-24H2,1-3H3/t25?,30-,31-,32-/m1/s1. The fourth-order valence-electron chi connectivity index (χ4n) is 7.07. The number of rotatable bonds is 9. The molecule has 4 atom stereocenters. The third-order valence-corrected chi connectivity index (χ3v) is 9.25. The van der Waals surface area contributed by atoms with Gasteiger partial charge in [-0.05, 0) is 98.4 Å². The van der Waals surface area contributed by atoms with Crippen LogP contribution in [-0.2, 0) is 4.74 Å². The van der Waals surface area contributed by atoms with Crippen molar-refractivity contribution in [3.8, 4) is 11.1 Å². The molecule has 0 spiro atoms. The van der Waals surface area contributed by atoms with Gasteiger partial charge in [0.05, 0.1) is 5.54 Å². The van der Waals surface area contributed by atoms with E-state index >= 15 is 0 Å². The van der Waals surface area contributed by atoms with E-state index in [-0.39, 0.29) is 5.54 Å². The first-order chi connectivity index (χ1) is 17.5. The summed E-state index contributed by atoms with van der Waals surface area (Å²) in [6.07, 6.45) is 17.4. The second kappa shape index (κ2) is 11.5. The van der Waals surface area contributed by atoms with Gasteiger partial charge in [0, 0.05) is 5.56 Å². The highest BCUT2D eigenvalue weighted by molar-refractivity contribution is 5.95. The van der Waals surface area contributed by atoms with Gasteiger partial charge in [0.15, 0.2) is 0 Å². The summed E-state index contributed by atoms with van der Waals surface area (Å²) in [6.45, 7) is 7.20. The van der Waals surface area contributed by atoms with Crippen LogP contribution in [0.1, 0.15) is 115 Å². The number of hydrogen-bond acceptors (Lipinski definition) is 2. The van der Waals surface area contributed by atoms with Crippen LogP contribution in [0.4, 0.5) is 0 Å². The molecule has 0 bridgehead atoms. The topological polar surface area (TPSA) is 21.6 Å². The molecule has 0 N–H and O–H groups in total. The molecule has 0 radical (unpaired) electrons. The molecule has 2 aromatic rings. The Bertz CT molecular complexity index is 1000. The Morgan fingerprint density at radius 2 is 1.39 bits per heavy atom. The average molecular weight is 486 g/mol. The molecule has 2 nitrogen and oxygen atoms in total. The van der Waals surface area contributed by atoms with E-state index in [1.807, 2.05) is 0 Å². The summed E-state index contributed by atoms with van der Waals surface area (Å²) in [5, 5.41) is 0. The van der Waals surface area contributed by atoms with Gasteiger partial charge in [-0.25, -0.2) is 4.99 Å². The van der Waals surface area contributed by atoms with E-state index in [9.17, 15) is 0 Å². The molecule has 5 rings (SSSR count). The maximum atomic E-state index is 5.81. The lowest BCUT2D eigenvalue weighted by Crippen LogP contribution is -2.30. The largest absolute Gasteiger partial charge is 0.475 e. The average Bonchev–Trinajstić information content (AvgIpc) is 3.28. The van der Waals surface area contributed by atoms with E-state index in [2.05, 4.69) is 69.3 Å². The Morgan fingerprint density at radius 3 is 2.08 bits per heavy atom. The fourth-order valence-corrected chi connectivity index (χ4v) is 7.07. The van der Waals surface area contributed by atoms with Crippen LogP contribution < -0.4 is 0 Å². The van der Waals surface area contributed by atoms with Crippen molar-refractivity contribution in [1.82, 2.24) is 0 Å². The Hall–Kier alpha value is -2.09. The lowest BCUT2D eigenvalue weighted by Gasteiger charge is -2.42. The van der Waals surface area contributed by atoms with Crippen molar-refractivity contribution in [2.45, 2.75) is 109 Å². The molecule has 0 saturated heterocycles. The minimum Gasteiger partial charge on any atom is -0.475 e. The molecule has 1 heterocycles. The van der Waals surface area contributed by atoms with Gasteiger partial charge in [-0.3, -0.25) is 0 Å². The molecule has 194 valence electrons. The van der Waals surface area contributed by atoms with Crippen LogP contribution in [0.2, 0.25) is 0 Å². The van der Waals surface area contributed by atoms with Crippen LogP contribution in [0.25, 0.3) is 11.1 Å². The molecule has 1 aliphatic heterocycles. The highest BCUT2D eigenvalue weighted by Gasteiger charge is 2.35. The predicted molar refractivity (Wildman–Crippen MR) is 153 cm³/mol. The third-order valence-electron chi connectivity index (χ3n) is 9.25. The molecule has 2 fully saturated rings. The van der Waals surface area contributed by atoms with Crippen molar-refractivity contribution in [2.24, 2.45) is 22.7 Å². The molecule has 1 unspecified atom stereocenters. The van der Waals surface area contributed by atoms with Gasteiger partial charge in [0.2, 0.25) is 5.90 Å². The third kappa shape index (κ3) is 6.24. The number of unbranched alkanes of at least 4 members (excludes halogenated alkanes) is 4. The normalized spacial score (nSPS) is 27.2. The second-order valence-electron chi connectivity index (χ2n) is 12.6. The van der Waals surface area contributed by atoms with E-state index in [4.69, 9.17) is 9.73 Å². The Balaban J connectivity index is 1.13. The van der Waals surface area contributed by atoms with Gasteiger partial charge in [0.25, 0.3) is 0 Å². The Labute approximate surface area is 220 Å². The predicted octanol–water partition coefficient (Wildman–Crippen LogP) is 9.57. The first kappa shape index (κ1) is 25.6. The number of nitrogens with zero attached hydrogens (tertiary/aromatic N) is 1. The molecule has 2 aliphatic carbocycles. The molecule has 0 aromatic heterocycles. The number of ether oxygens (including phenoxy) is 1. The summed E-state index contributed by atoms with van der Waals surface area (Å²) in [5.41, 5.74) is 5.08. The lowest BCUT2D eigenvalue weighted by molar-refractivity contribution is 0.113. The summed E-state index contributed by atoms with van der Waals surface area (Å²) in [5.74, 6) is 4.53. The van der Waals surface area contributed by atoms with Crippen molar-refractivity contribution < 1.29 is 4.74 Å². The number of hydrogen-bond donors (Lipinski definition) is 0. The van der Waals surface area contributed by atoms with Gasteiger partial charge in [0.1, 0.15) is 6.61 Å². The molecule has 3 aliphatic rings. The molecule has 36 heavy (non-hydrogen) atoms. The van der Waals surface area contributed by atoms with Crippen molar-refractivity contribution in [3.63, 3.8) is 0 Å². The smallest absolute Gasteiger partial charge is 0.216 e. The van der Waals surface area contributed by atoms with Gasteiger partial charge in [-0.15, -0.1) is 0 Å². The van der Waals surface area contributed by atoms with Gasteiger partial charge < -0.3 is 4.74 Å². The SMILES string of the molecule is CCCCCCCC1CC[C@@H]2C[C@H](c3ccc(-c4ccc(C5=NC(C)(C)CO5)cc4)cc3)CC[C@@H]2C1. The van der Waals surface area contributed by atoms with Gasteiger partial charge in [-0.1, -0.05) is 88.3 Å². The summed E-state index contributed by atoms with van der Waals surface area (Å²) in [7, 11) is 0. The van der Waals surface area contributed by atoms with Crippen LogP contribution in [0.15, 0.2) is 53.5 Å². The quantitative estimate of drug-likeness (QED) is 0.324. The summed E-state index contributed by atoms with van der Waals surface area (Å²) >= 11 is 0. The zero-order valence-electron chi connectivity index (χ0n) is 23.0. The van der Waals surface area contributed by atoms with Crippen molar-refractivity contribution in [1.29, 1.82) is 0 Å². The summed E-state index contributed by atoms with van der Waals surface area (Å²) in [6, 6.07) is 18.2. The maximum absolute atomic E-state index is 5.81. The molecular weight excluding hydrogens is 438 g/mol. The minimum absolute atomic E-state index is 0.115. The van der Waals surface area contributed by atoms with E-state index in [1.54, 1.807) is 5.56 Å². The molecule has 0 amide bonds. The fraction of sp³-hybridized carbons (Fsp3) is 0.618. The lowest BCUT2D eigenvalue weighted by atomic mass is 9.63. The van der Waals surface area contributed by atoms with Crippen LogP contribution in [0.3, 0.4) is 0 Å². The van der Waals surface area contributed by atoms with Crippen LogP contribution >= 0.6 is 0 Å². The zero-order valence-corrected chi connectivity index (χ0v) is 23.0. The van der Waals surface area contributed by atoms with E-state index in [0.29, 0.717) is 6.61 Å². The number of aliphatic imine (C=N–C) groups is 1. The van der Waals surface area contributed by atoms with Crippen LogP contribution in [0, 0.1) is 17.8 Å². The van der Waals surface area contributed by atoms with Crippen LogP contribution in [0.5, 0.6) is 0 Å². The minimum atomic E-state index is -0.115. The Kier molecular flexibility index (Phi) is 8.18. The van der Waals surface area contributed by atoms with Crippen molar-refractivity contribution >= 4 is 5.90 Å². The van der Waals surface area contributed by atoms with Gasteiger partial charge >= 0.3 is 0 Å². The Morgan fingerprint density at radius 1 is 0.750 bits per heavy atom. The summed E-state index contributed by atoms with van der Waals surface area (Å²) < 4.78 is 5.81. The number of benzene rings is 2. The van der Waals surface area contributed by atoms with E-state index in [0.717, 1.165) is 35.1 Å². The van der Waals surface area contributed by atoms with Crippen molar-refractivity contribution in [3.05, 3.63) is 59.7 Å². The summed E-state index contributed by atoms with van der Waals surface area (Å²) in [4.78, 5) is 4.71. The highest BCUT2D eigenvalue weighted by Crippen LogP contribution is 2.48. The van der Waals surface area contributed by atoms with Crippen LogP contribution in [-0.4, -0.2) is 18.0 Å². The highest BCUT2D eigenvalue weighted by atomic mass is 16.5. The molecule has 2 aromatic carbocycles. The molecular formula is C34H47NO. The first-order valence-electron chi connectivity index (χ1n) is 14.9. The zero-order chi connectivity index (χ0) is 25.0. The van der Waals surface area contributed by atoms with Gasteiger partial charge in [-0.2, -0.15) is 0 Å². The monoisotopic (exact) mass is 485 g/mol. The van der Waals surface area contributed by atoms with Crippen molar-refractivity contribution in [2.75, 3.05) is 6.61 Å². The molecule has 2 saturated carbocycles. The first-order valence-corrected chi connectivity index (χ1v) is 14.9. The maximum Gasteiger partial charge on any atom is 0.216 e.